The average molecular weight is 283 g/mol. The van der Waals surface area contributed by atoms with E-state index in [9.17, 15) is 13.2 Å². The van der Waals surface area contributed by atoms with Gasteiger partial charge in [-0.1, -0.05) is 0 Å². The van der Waals surface area contributed by atoms with E-state index < -0.39 is 10.0 Å². The molecule has 0 unspecified atom stereocenters. The number of aryl methyl sites for hydroxylation is 1. The molecule has 2 aromatic rings. The molecule has 1 N–H and O–H groups in total. The van der Waals surface area contributed by atoms with Gasteiger partial charge in [-0.3, -0.25) is 9.48 Å². The molecule has 102 valence electrons. The smallest absolute Gasteiger partial charge is 0.274 e. The van der Waals surface area contributed by atoms with Gasteiger partial charge in [0.05, 0.1) is 6.20 Å². The van der Waals surface area contributed by atoms with Crippen molar-refractivity contribution < 1.29 is 17.6 Å². The maximum absolute atomic E-state index is 11.9. The number of nitrogens with zero attached hydrogens (tertiary/aromatic N) is 2. The first kappa shape index (κ1) is 13.5. The van der Waals surface area contributed by atoms with E-state index in [2.05, 4.69) is 9.82 Å². The van der Waals surface area contributed by atoms with Gasteiger partial charge in [0.1, 0.15) is 0 Å². The monoisotopic (exact) mass is 283 g/mol. The van der Waals surface area contributed by atoms with Crippen LogP contribution in [0.25, 0.3) is 0 Å². The van der Waals surface area contributed by atoms with Crippen LogP contribution < -0.4 is 4.72 Å². The molecule has 0 radical (unpaired) electrons. The number of hydrogen-bond donors (Lipinski definition) is 1. The van der Waals surface area contributed by atoms with Crippen LogP contribution in [0.4, 0.5) is 0 Å². The summed E-state index contributed by atoms with van der Waals surface area (Å²) in [5.74, 6) is -0.0297. The van der Waals surface area contributed by atoms with Crippen molar-refractivity contribution in [2.75, 3.05) is 0 Å². The molecular formula is C11H13N3O4S. The molecule has 8 heteroatoms. The zero-order chi connectivity index (χ0) is 14.0. The van der Waals surface area contributed by atoms with Crippen LogP contribution in [-0.4, -0.2) is 24.5 Å². The molecule has 7 nitrogen and oxygen atoms in total. The van der Waals surface area contributed by atoms with Crippen LogP contribution in [0.5, 0.6) is 0 Å². The number of sulfonamides is 1. The Bertz CT molecular complexity index is 699. The van der Waals surface area contributed by atoms with Crippen LogP contribution >= 0.6 is 0 Å². The Morgan fingerprint density at radius 2 is 2.21 bits per heavy atom. The van der Waals surface area contributed by atoms with Crippen LogP contribution in [0.3, 0.4) is 0 Å². The lowest BCUT2D eigenvalue weighted by molar-refractivity contribution is 0.109. The molecule has 0 amide bonds. The minimum atomic E-state index is -3.77. The van der Waals surface area contributed by atoms with Crippen molar-refractivity contribution in [3.8, 4) is 0 Å². The molecule has 0 fully saturated rings. The van der Waals surface area contributed by atoms with Gasteiger partial charge < -0.3 is 4.42 Å². The number of aldehydes is 1. The van der Waals surface area contributed by atoms with Crippen molar-refractivity contribution in [2.24, 2.45) is 7.05 Å². The minimum Gasteiger partial charge on any atom is -0.440 e. The fraction of sp³-hybridized carbons (Fsp3) is 0.273. The molecule has 0 saturated carbocycles. The van der Waals surface area contributed by atoms with Crippen LogP contribution in [0, 0.1) is 6.92 Å². The van der Waals surface area contributed by atoms with E-state index in [0.717, 1.165) is 11.3 Å². The third-order valence-corrected chi connectivity index (χ3v) is 4.05. The third kappa shape index (κ3) is 2.74. The molecule has 0 aromatic carbocycles. The summed E-state index contributed by atoms with van der Waals surface area (Å²) >= 11 is 0. The Morgan fingerprint density at radius 3 is 2.74 bits per heavy atom. The van der Waals surface area contributed by atoms with Crippen LogP contribution in [-0.2, 0) is 23.6 Å². The fourth-order valence-electron chi connectivity index (χ4n) is 1.50. The molecule has 0 aliphatic rings. The van der Waals surface area contributed by atoms with Crippen molar-refractivity contribution in [2.45, 2.75) is 18.6 Å². The number of furan rings is 1. The Kier molecular flexibility index (Phi) is 3.54. The van der Waals surface area contributed by atoms with E-state index in [1.165, 1.54) is 12.1 Å². The second kappa shape index (κ2) is 4.98. The zero-order valence-corrected chi connectivity index (χ0v) is 11.3. The van der Waals surface area contributed by atoms with E-state index in [0.29, 0.717) is 6.29 Å². The number of nitrogens with one attached hydrogen (secondary N) is 1. The van der Waals surface area contributed by atoms with Gasteiger partial charge in [0.15, 0.2) is 12.0 Å². The lowest BCUT2D eigenvalue weighted by atomic mass is 10.3. The van der Waals surface area contributed by atoms with Crippen LogP contribution in [0.2, 0.25) is 0 Å². The lowest BCUT2D eigenvalue weighted by Crippen LogP contribution is -2.23. The maximum Gasteiger partial charge on any atom is 0.274 e. The topological polar surface area (TPSA) is 94.2 Å². The van der Waals surface area contributed by atoms with Crippen molar-refractivity contribution >= 4 is 16.3 Å². The molecule has 0 saturated heterocycles. The van der Waals surface area contributed by atoms with Gasteiger partial charge in [0, 0.05) is 24.8 Å². The van der Waals surface area contributed by atoms with Gasteiger partial charge in [0.25, 0.3) is 10.0 Å². The average Bonchev–Trinajstić information content (AvgIpc) is 2.97. The van der Waals surface area contributed by atoms with E-state index in [1.807, 2.05) is 6.92 Å². The van der Waals surface area contributed by atoms with Gasteiger partial charge >= 0.3 is 0 Å². The summed E-state index contributed by atoms with van der Waals surface area (Å²) in [5, 5.41) is 3.74. The van der Waals surface area contributed by atoms with Gasteiger partial charge in [-0.25, -0.2) is 13.1 Å². The van der Waals surface area contributed by atoms with Crippen molar-refractivity contribution in [1.82, 2.24) is 14.5 Å². The Labute approximate surface area is 110 Å². The van der Waals surface area contributed by atoms with Gasteiger partial charge in [0.2, 0.25) is 5.09 Å². The normalized spacial score (nSPS) is 11.7. The summed E-state index contributed by atoms with van der Waals surface area (Å²) in [7, 11) is -1.99. The molecule has 2 aromatic heterocycles. The van der Waals surface area contributed by atoms with Crippen LogP contribution in [0.1, 0.15) is 21.8 Å². The highest BCUT2D eigenvalue weighted by Gasteiger charge is 2.19. The summed E-state index contributed by atoms with van der Waals surface area (Å²) in [6.07, 6.45) is 2.04. The highest BCUT2D eigenvalue weighted by Crippen LogP contribution is 2.13. The summed E-state index contributed by atoms with van der Waals surface area (Å²) in [6.45, 7) is 1.95. The van der Waals surface area contributed by atoms with E-state index in [1.54, 1.807) is 17.9 Å². The predicted molar refractivity (Wildman–Crippen MR) is 66.1 cm³/mol. The second-order valence-electron chi connectivity index (χ2n) is 3.98. The SMILES string of the molecule is Cc1c(CNS(=O)(=O)c2ccc(C=O)o2)cnn1C. The summed E-state index contributed by atoms with van der Waals surface area (Å²) in [4.78, 5) is 10.5. The summed E-state index contributed by atoms with van der Waals surface area (Å²) in [5.41, 5.74) is 1.64. The molecule has 0 atom stereocenters. The first-order valence-electron chi connectivity index (χ1n) is 5.46. The number of hydrogen-bond acceptors (Lipinski definition) is 5. The number of aromatic nitrogens is 2. The molecular weight excluding hydrogens is 270 g/mol. The van der Waals surface area contributed by atoms with Crippen molar-refractivity contribution in [3.05, 3.63) is 35.3 Å². The molecule has 2 heterocycles. The Morgan fingerprint density at radius 1 is 1.47 bits per heavy atom. The molecule has 0 aliphatic heterocycles. The van der Waals surface area contributed by atoms with E-state index in [4.69, 9.17) is 4.42 Å². The Balaban J connectivity index is 2.14. The third-order valence-electron chi connectivity index (χ3n) is 2.77. The first-order chi connectivity index (χ1) is 8.94. The highest BCUT2D eigenvalue weighted by molar-refractivity contribution is 7.89. The predicted octanol–water partition coefficient (Wildman–Crippen LogP) is 0.613. The number of carbonyl (C=O) groups excluding carboxylic acids is 1. The Hall–Kier alpha value is -1.93. The van der Waals surface area contributed by atoms with Gasteiger partial charge in [-0.2, -0.15) is 5.10 Å². The van der Waals surface area contributed by atoms with Crippen molar-refractivity contribution in [1.29, 1.82) is 0 Å². The number of carbonyl (C=O) groups is 1. The first-order valence-corrected chi connectivity index (χ1v) is 6.94. The maximum atomic E-state index is 11.9. The molecule has 19 heavy (non-hydrogen) atoms. The molecule has 0 spiro atoms. The van der Waals surface area contributed by atoms with Crippen molar-refractivity contribution in [3.63, 3.8) is 0 Å². The largest absolute Gasteiger partial charge is 0.440 e. The lowest BCUT2D eigenvalue weighted by Gasteiger charge is -2.03. The highest BCUT2D eigenvalue weighted by atomic mass is 32.2. The minimum absolute atomic E-state index is 0.0297. The second-order valence-corrected chi connectivity index (χ2v) is 5.68. The molecule has 0 aliphatic carbocycles. The quantitative estimate of drug-likeness (QED) is 0.811. The standard InChI is InChI=1S/C11H13N3O4S/c1-8-9(5-12-14(8)2)6-13-19(16,17)11-4-3-10(7-15)18-11/h3-5,7,13H,6H2,1-2H3. The van der Waals surface area contributed by atoms with E-state index in [-0.39, 0.29) is 17.4 Å². The van der Waals surface area contributed by atoms with Crippen LogP contribution in [0.15, 0.2) is 27.8 Å². The van der Waals surface area contributed by atoms with E-state index >= 15 is 0 Å². The molecule has 2 rings (SSSR count). The molecule has 0 bridgehead atoms. The van der Waals surface area contributed by atoms with Gasteiger partial charge in [-0.05, 0) is 19.1 Å². The number of rotatable bonds is 5. The van der Waals surface area contributed by atoms with Gasteiger partial charge in [-0.15, -0.1) is 0 Å². The summed E-state index contributed by atoms with van der Waals surface area (Å²) in [6, 6.07) is 2.54. The zero-order valence-electron chi connectivity index (χ0n) is 10.5. The summed E-state index contributed by atoms with van der Waals surface area (Å²) < 4.78 is 32.7. The fourth-order valence-corrected chi connectivity index (χ4v) is 2.44.